The normalized spacial score (nSPS) is 16.5. The maximum atomic E-state index is 14.0. The molecule has 5 aromatic rings. The number of rotatable bonds is 9. The fourth-order valence-corrected chi connectivity index (χ4v) is 7.04. The zero-order valence-electron chi connectivity index (χ0n) is 24.4. The van der Waals surface area contributed by atoms with Crippen molar-refractivity contribution < 1.29 is 35.6 Å². The van der Waals surface area contributed by atoms with Gasteiger partial charge in [-0.3, -0.25) is 9.36 Å². The van der Waals surface area contributed by atoms with E-state index in [2.05, 4.69) is 5.16 Å². The van der Waals surface area contributed by atoms with Crippen LogP contribution in [0.3, 0.4) is 0 Å². The van der Waals surface area contributed by atoms with Crippen LogP contribution in [-0.2, 0) is 16.6 Å². The van der Waals surface area contributed by atoms with Gasteiger partial charge in [-0.1, -0.05) is 17.3 Å². The van der Waals surface area contributed by atoms with E-state index in [1.165, 1.54) is 61.4 Å². The van der Waals surface area contributed by atoms with Crippen LogP contribution >= 0.6 is 0 Å². The molecule has 0 bridgehead atoms. The van der Waals surface area contributed by atoms with E-state index in [1.54, 1.807) is 43.3 Å². The van der Waals surface area contributed by atoms with E-state index in [9.17, 15) is 26.4 Å². The lowest BCUT2D eigenvalue weighted by atomic mass is 10.0. The summed E-state index contributed by atoms with van der Waals surface area (Å²) in [6.07, 6.45) is -3.01. The van der Waals surface area contributed by atoms with Gasteiger partial charge in [0.05, 0.1) is 42.8 Å². The summed E-state index contributed by atoms with van der Waals surface area (Å²) in [5.41, 5.74) is 2.08. The molecule has 1 fully saturated rings. The second kappa shape index (κ2) is 11.3. The lowest BCUT2D eigenvalue weighted by Gasteiger charge is -2.22. The van der Waals surface area contributed by atoms with Crippen LogP contribution in [0.25, 0.3) is 16.6 Å². The van der Waals surface area contributed by atoms with Crippen LogP contribution in [0, 0.1) is 12.8 Å². The fourth-order valence-electron chi connectivity index (χ4n) is 5.61. The molecule has 0 spiro atoms. The van der Waals surface area contributed by atoms with E-state index in [-0.39, 0.29) is 29.4 Å². The molecule has 0 saturated heterocycles. The molecule has 0 amide bonds. The predicted molar refractivity (Wildman–Crippen MR) is 161 cm³/mol. The predicted octanol–water partition coefficient (Wildman–Crippen LogP) is 6.37. The summed E-state index contributed by atoms with van der Waals surface area (Å²) in [6, 6.07) is 18.7. The first-order chi connectivity index (χ1) is 21.4. The van der Waals surface area contributed by atoms with Crippen LogP contribution < -0.4 is 19.3 Å². The number of pyridine rings is 1. The third-order valence-electron chi connectivity index (χ3n) is 8.04. The number of benzene rings is 3. The van der Waals surface area contributed by atoms with E-state index in [4.69, 9.17) is 14.0 Å². The molecular formula is C32H28F3N3O6S. The lowest BCUT2D eigenvalue weighted by molar-refractivity contribution is -0.148. The Hall–Kier alpha value is -4.78. The van der Waals surface area contributed by atoms with Gasteiger partial charge in [-0.05, 0) is 84.5 Å². The summed E-state index contributed by atoms with van der Waals surface area (Å²) in [5.74, 6) is -1.15. The minimum atomic E-state index is -4.29. The smallest absolute Gasteiger partial charge is 0.392 e. The lowest BCUT2D eigenvalue weighted by Crippen LogP contribution is -2.31. The molecule has 0 N–H and O–H groups in total. The van der Waals surface area contributed by atoms with Crippen LogP contribution in [0.4, 0.5) is 19.0 Å². The maximum Gasteiger partial charge on any atom is 0.392 e. The first kappa shape index (κ1) is 30.3. The number of halogens is 3. The highest BCUT2D eigenvalue weighted by molar-refractivity contribution is 7.92. The van der Waals surface area contributed by atoms with Gasteiger partial charge in [-0.25, -0.2) is 12.7 Å². The van der Waals surface area contributed by atoms with Crippen molar-refractivity contribution in [2.24, 2.45) is 5.92 Å². The number of ether oxygens (including phenoxy) is 2. The highest BCUT2D eigenvalue weighted by Crippen LogP contribution is 2.57. The number of hydrogen-bond acceptors (Lipinski definition) is 7. The molecule has 2 atom stereocenters. The molecule has 6 rings (SSSR count). The minimum Gasteiger partial charge on any atom is -0.497 e. The van der Waals surface area contributed by atoms with E-state index in [0.29, 0.717) is 39.0 Å². The van der Waals surface area contributed by atoms with Gasteiger partial charge in [-0.2, -0.15) is 13.2 Å². The largest absolute Gasteiger partial charge is 0.497 e. The van der Waals surface area contributed by atoms with Crippen LogP contribution in [0.1, 0.15) is 29.0 Å². The quantitative estimate of drug-likeness (QED) is 0.185. The molecule has 1 aliphatic carbocycles. The van der Waals surface area contributed by atoms with Crippen molar-refractivity contribution in [3.63, 3.8) is 0 Å². The van der Waals surface area contributed by atoms with Crippen molar-refractivity contribution in [2.45, 2.75) is 36.9 Å². The Bertz CT molecular complexity index is 2040. The van der Waals surface area contributed by atoms with E-state index in [0.717, 1.165) is 4.31 Å². The average Bonchev–Trinajstić information content (AvgIpc) is 3.66. The van der Waals surface area contributed by atoms with Gasteiger partial charge < -0.3 is 14.0 Å². The maximum absolute atomic E-state index is 14.0. The number of hydrogen-bond donors (Lipinski definition) is 0. The Balaban J connectivity index is 1.41. The standard InChI is InChI=1S/C32H28F3N3O6S/c1-19-14-28(29(43-3)17-24(19)25-16-26(25)32(33,34)35)38-27-10-9-23(15-21(27)6-11-31(38)39)45(40,41)37(30-12-13-44-36-30)18-20-4-7-22(42-2)8-5-20/h4-15,17,25-26H,16,18H2,1-3H3. The molecule has 0 radical (unpaired) electrons. The number of alkyl halides is 3. The van der Waals surface area contributed by atoms with Crippen molar-refractivity contribution >= 4 is 26.7 Å². The summed E-state index contributed by atoms with van der Waals surface area (Å²) in [4.78, 5) is 13.2. The van der Waals surface area contributed by atoms with Crippen molar-refractivity contribution in [1.82, 2.24) is 9.72 Å². The number of sulfonamides is 1. The highest BCUT2D eigenvalue weighted by Gasteiger charge is 2.56. The molecule has 3 aromatic carbocycles. The van der Waals surface area contributed by atoms with Gasteiger partial charge >= 0.3 is 6.18 Å². The van der Waals surface area contributed by atoms with E-state index >= 15 is 0 Å². The Morgan fingerprint density at radius 3 is 2.38 bits per heavy atom. The summed E-state index contributed by atoms with van der Waals surface area (Å²) >= 11 is 0. The Kier molecular flexibility index (Phi) is 7.59. The molecule has 2 unspecified atom stereocenters. The average molecular weight is 640 g/mol. The first-order valence-electron chi connectivity index (χ1n) is 13.9. The van der Waals surface area contributed by atoms with Gasteiger partial charge in [0.25, 0.3) is 15.6 Å². The molecule has 9 nitrogen and oxygen atoms in total. The van der Waals surface area contributed by atoms with Crippen LogP contribution in [0.15, 0.2) is 93.3 Å². The Morgan fingerprint density at radius 1 is 1.00 bits per heavy atom. The number of fused-ring (bicyclic) bond motifs is 1. The number of aromatic nitrogens is 2. The summed E-state index contributed by atoms with van der Waals surface area (Å²) in [7, 11) is -1.27. The monoisotopic (exact) mass is 639 g/mol. The first-order valence-corrected chi connectivity index (χ1v) is 15.3. The van der Waals surface area contributed by atoms with Crippen molar-refractivity contribution in [3.8, 4) is 17.2 Å². The SMILES string of the molecule is COc1ccc(CN(c2ccon2)S(=O)(=O)c2ccc3c(ccc(=O)n3-c3cc(C)c(C4CC4C(F)(F)F)cc3OC)c2)cc1. The molecule has 45 heavy (non-hydrogen) atoms. The topological polar surface area (TPSA) is 104 Å². The van der Waals surface area contributed by atoms with Gasteiger partial charge in [0.15, 0.2) is 5.82 Å². The van der Waals surface area contributed by atoms with Crippen LogP contribution in [0.5, 0.6) is 11.5 Å². The minimum absolute atomic E-state index is 0.00211. The summed E-state index contributed by atoms with van der Waals surface area (Å²) < 4.78 is 86.2. The van der Waals surface area contributed by atoms with Crippen LogP contribution in [-0.4, -0.2) is 38.5 Å². The van der Waals surface area contributed by atoms with Gasteiger partial charge in [0.2, 0.25) is 0 Å². The molecule has 13 heteroatoms. The zero-order valence-corrected chi connectivity index (χ0v) is 25.2. The zero-order chi connectivity index (χ0) is 32.1. The third kappa shape index (κ3) is 5.63. The summed E-state index contributed by atoms with van der Waals surface area (Å²) in [5, 5.41) is 4.29. The molecule has 1 aliphatic rings. The number of nitrogens with zero attached hydrogens (tertiary/aromatic N) is 3. The van der Waals surface area contributed by atoms with Crippen molar-refractivity contribution in [1.29, 1.82) is 0 Å². The Labute approximate surface area is 256 Å². The van der Waals surface area contributed by atoms with E-state index in [1.807, 2.05) is 0 Å². The molecular weight excluding hydrogens is 611 g/mol. The molecule has 234 valence electrons. The third-order valence-corrected chi connectivity index (χ3v) is 9.78. The van der Waals surface area contributed by atoms with Gasteiger partial charge in [0, 0.05) is 17.5 Å². The Morgan fingerprint density at radius 2 is 1.76 bits per heavy atom. The van der Waals surface area contributed by atoms with Crippen molar-refractivity contribution in [2.75, 3.05) is 18.5 Å². The second-order valence-electron chi connectivity index (χ2n) is 10.8. The fraction of sp³-hybridized carbons (Fsp3) is 0.250. The number of anilines is 1. The molecule has 1 saturated carbocycles. The second-order valence-corrected chi connectivity index (χ2v) is 12.7. The van der Waals surface area contributed by atoms with E-state index < -0.39 is 33.6 Å². The van der Waals surface area contributed by atoms with Gasteiger partial charge in [0.1, 0.15) is 17.8 Å². The van der Waals surface area contributed by atoms with Crippen molar-refractivity contribution in [3.05, 3.63) is 106 Å². The highest BCUT2D eigenvalue weighted by atomic mass is 32.2. The summed E-state index contributed by atoms with van der Waals surface area (Å²) in [6.45, 7) is 1.65. The molecule has 0 aliphatic heterocycles. The number of methoxy groups -OCH3 is 2. The van der Waals surface area contributed by atoms with Gasteiger partial charge in [-0.15, -0.1) is 0 Å². The molecule has 2 aromatic heterocycles. The van der Waals surface area contributed by atoms with Crippen LogP contribution in [0.2, 0.25) is 0 Å². The number of aryl methyl sites for hydroxylation is 1. The molecule has 2 heterocycles.